The average molecular weight is 393 g/mol. The van der Waals surface area contributed by atoms with E-state index >= 15 is 0 Å². The third-order valence-electron chi connectivity index (χ3n) is 4.43. The Morgan fingerprint density at radius 1 is 1.25 bits per heavy atom. The second-order valence-electron chi connectivity index (χ2n) is 6.53. The molecule has 7 heteroatoms. The van der Waals surface area contributed by atoms with Crippen LogP contribution in [0.3, 0.4) is 0 Å². The predicted octanol–water partition coefficient (Wildman–Crippen LogP) is 3.31. The lowest BCUT2D eigenvalue weighted by Crippen LogP contribution is -2.38. The van der Waals surface area contributed by atoms with Crippen molar-refractivity contribution in [1.29, 1.82) is 0 Å². The Bertz CT molecular complexity index is 1020. The lowest BCUT2D eigenvalue weighted by molar-refractivity contribution is -0.121. The lowest BCUT2D eigenvalue weighted by Gasteiger charge is -2.29. The van der Waals surface area contributed by atoms with Crippen molar-refractivity contribution in [2.45, 2.75) is 20.0 Å². The van der Waals surface area contributed by atoms with E-state index < -0.39 is 0 Å². The molecule has 1 aliphatic heterocycles. The van der Waals surface area contributed by atoms with Gasteiger partial charge in [0.1, 0.15) is 16.5 Å². The summed E-state index contributed by atoms with van der Waals surface area (Å²) in [7, 11) is 0. The third kappa shape index (κ3) is 3.89. The van der Waals surface area contributed by atoms with Gasteiger partial charge in [-0.05, 0) is 30.2 Å². The van der Waals surface area contributed by atoms with E-state index in [1.165, 1.54) is 11.3 Å². The van der Waals surface area contributed by atoms with Gasteiger partial charge in [-0.1, -0.05) is 36.4 Å². The summed E-state index contributed by atoms with van der Waals surface area (Å²) in [5.41, 5.74) is 3.17. The van der Waals surface area contributed by atoms with Crippen molar-refractivity contribution in [3.05, 3.63) is 75.7 Å². The van der Waals surface area contributed by atoms with E-state index in [0.717, 1.165) is 16.8 Å². The van der Waals surface area contributed by atoms with E-state index in [-0.39, 0.29) is 18.4 Å². The van der Waals surface area contributed by atoms with Crippen LogP contribution in [0.4, 0.5) is 5.69 Å². The van der Waals surface area contributed by atoms with E-state index in [1.807, 2.05) is 55.5 Å². The molecule has 2 aromatic carbocycles. The quantitative estimate of drug-likeness (QED) is 0.722. The van der Waals surface area contributed by atoms with E-state index in [9.17, 15) is 9.59 Å². The van der Waals surface area contributed by atoms with Crippen LogP contribution in [-0.4, -0.2) is 23.4 Å². The molecule has 4 rings (SSSR count). The molecular weight excluding hydrogens is 374 g/mol. The van der Waals surface area contributed by atoms with Gasteiger partial charge in [0.15, 0.2) is 6.61 Å². The maximum atomic E-state index is 12.4. The van der Waals surface area contributed by atoms with Crippen molar-refractivity contribution in [2.24, 2.45) is 0 Å². The van der Waals surface area contributed by atoms with Crippen molar-refractivity contribution in [3.63, 3.8) is 0 Å². The minimum atomic E-state index is -0.226. The molecule has 0 radical (unpaired) electrons. The molecular formula is C21H19N3O3S. The first-order chi connectivity index (χ1) is 13.6. The van der Waals surface area contributed by atoms with Crippen LogP contribution in [0, 0.1) is 6.92 Å². The molecule has 0 aliphatic carbocycles. The zero-order valence-corrected chi connectivity index (χ0v) is 16.2. The van der Waals surface area contributed by atoms with Gasteiger partial charge < -0.3 is 10.1 Å². The van der Waals surface area contributed by atoms with E-state index in [0.29, 0.717) is 29.5 Å². The van der Waals surface area contributed by atoms with Gasteiger partial charge >= 0.3 is 0 Å². The molecule has 1 N–H and O–H groups in total. The van der Waals surface area contributed by atoms with Gasteiger partial charge in [-0.25, -0.2) is 4.98 Å². The number of nitrogens with zero attached hydrogens (tertiary/aromatic N) is 2. The van der Waals surface area contributed by atoms with Crippen LogP contribution in [0.5, 0.6) is 5.75 Å². The first-order valence-electron chi connectivity index (χ1n) is 8.90. The molecule has 1 aliphatic rings. The summed E-state index contributed by atoms with van der Waals surface area (Å²) in [6, 6.07) is 15.5. The van der Waals surface area contributed by atoms with Crippen molar-refractivity contribution in [2.75, 3.05) is 11.5 Å². The number of anilines is 1. The fraction of sp³-hybridized carbons (Fsp3) is 0.190. The number of benzene rings is 2. The number of nitrogens with one attached hydrogen (secondary N) is 1. The molecule has 0 fully saturated rings. The Kier molecular flexibility index (Phi) is 5.08. The van der Waals surface area contributed by atoms with Crippen molar-refractivity contribution < 1.29 is 14.3 Å². The van der Waals surface area contributed by atoms with E-state index in [2.05, 4.69) is 10.3 Å². The highest BCUT2D eigenvalue weighted by Gasteiger charge is 2.26. The molecule has 0 bridgehead atoms. The summed E-state index contributed by atoms with van der Waals surface area (Å²) < 4.78 is 5.50. The van der Waals surface area contributed by atoms with Gasteiger partial charge in [0.05, 0.1) is 12.2 Å². The topological polar surface area (TPSA) is 71.5 Å². The number of hydrogen-bond donors (Lipinski definition) is 1. The van der Waals surface area contributed by atoms with Crippen molar-refractivity contribution in [3.8, 4) is 5.75 Å². The SMILES string of the molecule is Cc1ccc2c(c1)N(Cc1nc(C(=O)NCc3ccccc3)cs1)C(=O)CO2. The number of thiazole rings is 1. The number of amides is 2. The van der Waals surface area contributed by atoms with E-state index in [4.69, 9.17) is 4.74 Å². The molecule has 0 saturated heterocycles. The lowest BCUT2D eigenvalue weighted by atomic mass is 10.1. The number of fused-ring (bicyclic) bond motifs is 1. The zero-order chi connectivity index (χ0) is 19.5. The Hall–Kier alpha value is -3.19. The number of aryl methyl sites for hydroxylation is 1. The highest BCUT2D eigenvalue weighted by atomic mass is 32.1. The van der Waals surface area contributed by atoms with Gasteiger partial charge in [-0.3, -0.25) is 14.5 Å². The fourth-order valence-electron chi connectivity index (χ4n) is 2.98. The third-order valence-corrected chi connectivity index (χ3v) is 5.26. The molecule has 0 unspecified atom stereocenters. The summed E-state index contributed by atoms with van der Waals surface area (Å²) in [4.78, 5) is 30.8. The number of ether oxygens (including phenoxy) is 1. The fourth-order valence-corrected chi connectivity index (χ4v) is 3.74. The van der Waals surface area contributed by atoms with Crippen LogP contribution >= 0.6 is 11.3 Å². The Balaban J connectivity index is 1.46. The van der Waals surface area contributed by atoms with Gasteiger partial charge in [0.2, 0.25) is 0 Å². The summed E-state index contributed by atoms with van der Waals surface area (Å²) in [6.45, 7) is 2.73. The molecule has 0 spiro atoms. The first-order valence-corrected chi connectivity index (χ1v) is 9.78. The van der Waals surface area contributed by atoms with Gasteiger partial charge in [-0.15, -0.1) is 11.3 Å². The first kappa shape index (κ1) is 18.2. The number of carbonyl (C=O) groups is 2. The number of hydrogen-bond acceptors (Lipinski definition) is 5. The van der Waals surface area contributed by atoms with Gasteiger partial charge in [-0.2, -0.15) is 0 Å². The molecule has 1 aromatic heterocycles. The molecule has 3 aromatic rings. The standard InChI is InChI=1S/C21H19N3O3S/c1-14-7-8-18-17(9-14)24(20(25)12-27-18)11-19-23-16(13-28-19)21(26)22-10-15-5-3-2-4-6-15/h2-9,13H,10-12H2,1H3,(H,22,26). The van der Waals surface area contributed by atoms with Crippen LogP contribution in [0.15, 0.2) is 53.9 Å². The molecule has 0 saturated carbocycles. The van der Waals surface area contributed by atoms with Crippen LogP contribution in [-0.2, 0) is 17.9 Å². The summed E-state index contributed by atoms with van der Waals surface area (Å²) in [5.74, 6) is 0.335. The van der Waals surface area contributed by atoms with Crippen LogP contribution in [0.2, 0.25) is 0 Å². The summed E-state index contributed by atoms with van der Waals surface area (Å²) in [6.07, 6.45) is 0. The summed E-state index contributed by atoms with van der Waals surface area (Å²) in [5, 5.41) is 5.29. The monoisotopic (exact) mass is 393 g/mol. The maximum Gasteiger partial charge on any atom is 0.271 e. The van der Waals surface area contributed by atoms with Crippen molar-refractivity contribution >= 4 is 28.8 Å². The highest BCUT2D eigenvalue weighted by Crippen LogP contribution is 2.34. The molecule has 0 atom stereocenters. The number of rotatable bonds is 5. The Morgan fingerprint density at radius 2 is 2.07 bits per heavy atom. The second kappa shape index (κ2) is 7.82. The Morgan fingerprint density at radius 3 is 2.89 bits per heavy atom. The number of aromatic nitrogens is 1. The minimum absolute atomic E-state index is 0.00581. The maximum absolute atomic E-state index is 12.4. The van der Waals surface area contributed by atoms with Crippen LogP contribution < -0.4 is 15.0 Å². The second-order valence-corrected chi connectivity index (χ2v) is 7.48. The van der Waals surface area contributed by atoms with Gasteiger partial charge in [0.25, 0.3) is 11.8 Å². The zero-order valence-electron chi connectivity index (χ0n) is 15.3. The molecule has 2 amide bonds. The average Bonchev–Trinajstić information content (AvgIpc) is 3.18. The van der Waals surface area contributed by atoms with E-state index in [1.54, 1.807) is 10.3 Å². The van der Waals surface area contributed by atoms with Gasteiger partial charge in [0, 0.05) is 11.9 Å². The van der Waals surface area contributed by atoms with Crippen LogP contribution in [0.1, 0.15) is 26.6 Å². The van der Waals surface area contributed by atoms with Crippen molar-refractivity contribution in [1.82, 2.24) is 10.3 Å². The molecule has 28 heavy (non-hydrogen) atoms. The molecule has 2 heterocycles. The largest absolute Gasteiger partial charge is 0.482 e. The normalized spacial score (nSPS) is 13.0. The highest BCUT2D eigenvalue weighted by molar-refractivity contribution is 7.09. The summed E-state index contributed by atoms with van der Waals surface area (Å²) >= 11 is 1.37. The predicted molar refractivity (Wildman–Crippen MR) is 108 cm³/mol. The number of carbonyl (C=O) groups excluding carboxylic acids is 2. The molecule has 6 nitrogen and oxygen atoms in total. The molecule has 142 valence electrons. The van der Waals surface area contributed by atoms with Crippen LogP contribution in [0.25, 0.3) is 0 Å². The Labute approximate surface area is 166 Å². The minimum Gasteiger partial charge on any atom is -0.482 e. The smallest absolute Gasteiger partial charge is 0.271 e.